The third kappa shape index (κ3) is 4.27. The van der Waals surface area contributed by atoms with Crippen molar-refractivity contribution in [3.8, 4) is 5.75 Å². The Morgan fingerprint density at radius 3 is 2.50 bits per heavy atom. The van der Waals surface area contributed by atoms with Crippen molar-refractivity contribution in [1.29, 1.82) is 0 Å². The molecule has 7 heteroatoms. The molecule has 0 aliphatic carbocycles. The van der Waals surface area contributed by atoms with Crippen molar-refractivity contribution in [2.24, 2.45) is 0 Å². The Morgan fingerprint density at radius 1 is 0.938 bits per heavy atom. The summed E-state index contributed by atoms with van der Waals surface area (Å²) in [5.74, 6) is 0.760. The number of pyridine rings is 1. The van der Waals surface area contributed by atoms with Crippen LogP contribution in [0.5, 0.6) is 5.75 Å². The number of carbonyl (C=O) groups is 2. The summed E-state index contributed by atoms with van der Waals surface area (Å²) in [6, 6.07) is 18.5. The Morgan fingerprint density at radius 2 is 1.72 bits per heavy atom. The molecule has 162 valence electrons. The first-order valence-electron chi connectivity index (χ1n) is 10.7. The summed E-state index contributed by atoms with van der Waals surface area (Å²) in [6.07, 6.45) is 4.31. The van der Waals surface area contributed by atoms with E-state index in [0.29, 0.717) is 37.4 Å². The van der Waals surface area contributed by atoms with Crippen molar-refractivity contribution in [1.82, 2.24) is 14.8 Å². The second kappa shape index (κ2) is 8.70. The molecule has 3 amide bonds. The molecule has 1 saturated heterocycles. The standard InChI is InChI=1S/C25H24N4O3/c30-24(18-4-2-1-3-5-18)28-13-11-23(17-28)32-22-8-6-21(7-9-22)27-25(31)29-15-19-10-12-26-14-20(19)16-29/h1-10,12,14,23H,11,13,15-17H2,(H,27,31). The molecule has 5 rings (SSSR count). The maximum Gasteiger partial charge on any atom is 0.322 e. The van der Waals surface area contributed by atoms with E-state index in [0.717, 1.165) is 23.3 Å². The van der Waals surface area contributed by atoms with Crippen LogP contribution in [0, 0.1) is 0 Å². The molecule has 2 aliphatic heterocycles. The predicted octanol–water partition coefficient (Wildman–Crippen LogP) is 3.92. The highest BCUT2D eigenvalue weighted by Gasteiger charge is 2.28. The number of carbonyl (C=O) groups excluding carboxylic acids is 2. The number of aromatic nitrogens is 1. The number of benzene rings is 2. The van der Waals surface area contributed by atoms with Gasteiger partial charge in [-0.05, 0) is 53.6 Å². The van der Waals surface area contributed by atoms with Crippen LogP contribution in [0.4, 0.5) is 10.5 Å². The van der Waals surface area contributed by atoms with E-state index in [1.165, 1.54) is 0 Å². The number of hydrogen-bond donors (Lipinski definition) is 1. The van der Waals surface area contributed by atoms with E-state index < -0.39 is 0 Å². The van der Waals surface area contributed by atoms with Gasteiger partial charge in [-0.2, -0.15) is 0 Å². The van der Waals surface area contributed by atoms with Gasteiger partial charge < -0.3 is 19.9 Å². The quantitative estimate of drug-likeness (QED) is 0.684. The minimum absolute atomic E-state index is 0.0367. The van der Waals surface area contributed by atoms with Gasteiger partial charge in [0.1, 0.15) is 11.9 Å². The Hall–Kier alpha value is -3.87. The Balaban J connectivity index is 1.13. The first-order valence-corrected chi connectivity index (χ1v) is 10.7. The molecule has 1 aromatic heterocycles. The van der Waals surface area contributed by atoms with Crippen LogP contribution >= 0.6 is 0 Å². The second-order valence-electron chi connectivity index (χ2n) is 8.10. The molecule has 32 heavy (non-hydrogen) atoms. The topological polar surface area (TPSA) is 74.8 Å². The van der Waals surface area contributed by atoms with Gasteiger partial charge in [-0.15, -0.1) is 0 Å². The third-order valence-electron chi connectivity index (χ3n) is 5.88. The maximum absolute atomic E-state index is 12.6. The molecule has 1 fully saturated rings. The van der Waals surface area contributed by atoms with Gasteiger partial charge in [-0.25, -0.2) is 4.79 Å². The zero-order valence-electron chi connectivity index (χ0n) is 17.6. The van der Waals surface area contributed by atoms with E-state index in [-0.39, 0.29) is 18.0 Å². The van der Waals surface area contributed by atoms with Crippen LogP contribution in [-0.4, -0.2) is 45.9 Å². The normalized spacial score (nSPS) is 17.2. The number of anilines is 1. The first kappa shape index (κ1) is 20.1. The lowest BCUT2D eigenvalue weighted by Crippen LogP contribution is -2.31. The Labute approximate surface area is 186 Å². The van der Waals surface area contributed by atoms with E-state index >= 15 is 0 Å². The van der Waals surface area contributed by atoms with Crippen LogP contribution in [0.2, 0.25) is 0 Å². The molecular formula is C25H24N4O3. The van der Waals surface area contributed by atoms with E-state index in [4.69, 9.17) is 4.74 Å². The second-order valence-corrected chi connectivity index (χ2v) is 8.10. The van der Waals surface area contributed by atoms with Gasteiger partial charge in [0.2, 0.25) is 0 Å². The lowest BCUT2D eigenvalue weighted by molar-refractivity contribution is 0.0772. The Bertz CT molecular complexity index is 1090. The number of fused-ring (bicyclic) bond motifs is 1. The van der Waals surface area contributed by atoms with Crippen LogP contribution in [0.3, 0.4) is 0 Å². The molecule has 3 aromatic rings. The van der Waals surface area contributed by atoms with E-state index in [1.54, 1.807) is 11.1 Å². The SMILES string of the molecule is O=C(Nc1ccc(OC2CCN(C(=O)c3ccccc3)C2)cc1)N1Cc2ccncc2C1. The molecule has 0 bridgehead atoms. The highest BCUT2D eigenvalue weighted by molar-refractivity contribution is 5.94. The highest BCUT2D eigenvalue weighted by Crippen LogP contribution is 2.24. The fourth-order valence-electron chi connectivity index (χ4n) is 4.15. The number of hydrogen-bond acceptors (Lipinski definition) is 4. The van der Waals surface area contributed by atoms with Gasteiger partial charge in [-0.1, -0.05) is 18.2 Å². The molecule has 7 nitrogen and oxygen atoms in total. The molecular weight excluding hydrogens is 404 g/mol. The average molecular weight is 428 g/mol. The van der Waals surface area contributed by atoms with Crippen molar-refractivity contribution in [3.05, 3.63) is 89.7 Å². The van der Waals surface area contributed by atoms with Crippen LogP contribution in [0.15, 0.2) is 73.1 Å². The summed E-state index contributed by atoms with van der Waals surface area (Å²) in [5.41, 5.74) is 3.63. The largest absolute Gasteiger partial charge is 0.489 e. The number of nitrogens with zero attached hydrogens (tertiary/aromatic N) is 3. The van der Waals surface area contributed by atoms with Crippen LogP contribution in [0.25, 0.3) is 0 Å². The van der Waals surface area contributed by atoms with Crippen molar-refractivity contribution in [2.45, 2.75) is 25.6 Å². The van der Waals surface area contributed by atoms with Gasteiger partial charge in [0.15, 0.2) is 0 Å². The highest BCUT2D eigenvalue weighted by atomic mass is 16.5. The zero-order chi connectivity index (χ0) is 21.9. The lowest BCUT2D eigenvalue weighted by Gasteiger charge is -2.18. The van der Waals surface area contributed by atoms with Crippen molar-refractivity contribution in [3.63, 3.8) is 0 Å². The monoisotopic (exact) mass is 428 g/mol. The fraction of sp³-hybridized carbons (Fsp3) is 0.240. The van der Waals surface area contributed by atoms with E-state index in [2.05, 4.69) is 10.3 Å². The zero-order valence-corrected chi connectivity index (χ0v) is 17.6. The molecule has 0 radical (unpaired) electrons. The minimum Gasteiger partial charge on any atom is -0.489 e. The molecule has 1 N–H and O–H groups in total. The van der Waals surface area contributed by atoms with Gasteiger partial charge in [-0.3, -0.25) is 9.78 Å². The number of amides is 3. The molecule has 3 heterocycles. The smallest absolute Gasteiger partial charge is 0.322 e. The van der Waals surface area contributed by atoms with Gasteiger partial charge >= 0.3 is 6.03 Å². The van der Waals surface area contributed by atoms with Crippen LogP contribution in [-0.2, 0) is 13.1 Å². The van der Waals surface area contributed by atoms with Crippen LogP contribution in [0.1, 0.15) is 27.9 Å². The number of nitrogens with one attached hydrogen (secondary N) is 1. The van der Waals surface area contributed by atoms with Crippen molar-refractivity contribution < 1.29 is 14.3 Å². The van der Waals surface area contributed by atoms with Gasteiger partial charge in [0, 0.05) is 49.7 Å². The fourth-order valence-corrected chi connectivity index (χ4v) is 4.15. The number of likely N-dealkylation sites (tertiary alicyclic amines) is 1. The summed E-state index contributed by atoms with van der Waals surface area (Å²) in [5, 5.41) is 2.94. The summed E-state index contributed by atoms with van der Waals surface area (Å²) >= 11 is 0. The number of ether oxygens (including phenoxy) is 1. The van der Waals surface area contributed by atoms with E-state index in [9.17, 15) is 9.59 Å². The predicted molar refractivity (Wildman–Crippen MR) is 120 cm³/mol. The first-order chi connectivity index (χ1) is 15.7. The number of rotatable bonds is 4. The summed E-state index contributed by atoms with van der Waals surface area (Å²) in [4.78, 5) is 32.9. The van der Waals surface area contributed by atoms with Gasteiger partial charge in [0.05, 0.1) is 6.54 Å². The lowest BCUT2D eigenvalue weighted by atomic mass is 10.2. The van der Waals surface area contributed by atoms with Crippen LogP contribution < -0.4 is 10.1 Å². The maximum atomic E-state index is 12.6. The third-order valence-corrected chi connectivity index (χ3v) is 5.88. The molecule has 2 aliphatic rings. The number of urea groups is 1. The van der Waals surface area contributed by atoms with Gasteiger partial charge in [0.25, 0.3) is 5.91 Å². The van der Waals surface area contributed by atoms with E-state index in [1.807, 2.05) is 71.8 Å². The average Bonchev–Trinajstić information content (AvgIpc) is 3.48. The minimum atomic E-state index is -0.138. The molecule has 0 saturated carbocycles. The van der Waals surface area contributed by atoms with Crippen molar-refractivity contribution in [2.75, 3.05) is 18.4 Å². The summed E-state index contributed by atoms with van der Waals surface area (Å²) < 4.78 is 6.07. The van der Waals surface area contributed by atoms with Crippen molar-refractivity contribution >= 4 is 17.6 Å². The molecule has 1 atom stereocenters. The molecule has 0 spiro atoms. The molecule has 2 aromatic carbocycles. The summed E-state index contributed by atoms with van der Waals surface area (Å²) in [7, 11) is 0. The molecule has 1 unspecified atom stereocenters. The summed E-state index contributed by atoms with van der Waals surface area (Å²) in [6.45, 7) is 2.40. The Kier molecular flexibility index (Phi) is 5.46.